The van der Waals surface area contributed by atoms with Crippen molar-refractivity contribution in [1.82, 2.24) is 4.72 Å². The normalized spacial score (nSPS) is 10.8. The van der Waals surface area contributed by atoms with Crippen LogP contribution < -0.4 is 4.72 Å². The van der Waals surface area contributed by atoms with Crippen LogP contribution in [0.1, 0.15) is 12.8 Å². The van der Waals surface area contributed by atoms with Crippen molar-refractivity contribution in [1.29, 1.82) is 0 Å². The average Bonchev–Trinajstić information content (AvgIpc) is 1.79. The fraction of sp³-hybridized carbons (Fsp3) is 0.600. The molecule has 0 heterocycles. The number of carbonyl (C=O) groups is 2. The highest BCUT2D eigenvalue weighted by atomic mass is 32.2. The molecule has 0 aliphatic heterocycles. The van der Waals surface area contributed by atoms with Crippen LogP contribution in [0.4, 0.5) is 0 Å². The number of nitrogens with one attached hydrogen (secondary N) is 1. The van der Waals surface area contributed by atoms with Crippen molar-refractivity contribution < 1.29 is 23.1 Å². The van der Waals surface area contributed by atoms with Crippen molar-refractivity contribution in [3.63, 3.8) is 0 Å². The van der Waals surface area contributed by atoms with Crippen LogP contribution in [0.2, 0.25) is 0 Å². The summed E-state index contributed by atoms with van der Waals surface area (Å²) >= 11 is 0. The molecule has 0 spiro atoms. The summed E-state index contributed by atoms with van der Waals surface area (Å²) in [4.78, 5) is 20.5. The summed E-state index contributed by atoms with van der Waals surface area (Å²) in [6.45, 7) is 0. The third kappa shape index (κ3) is 7.00. The van der Waals surface area contributed by atoms with E-state index in [0.29, 0.717) is 0 Å². The molecule has 6 nitrogen and oxygen atoms in total. The molecular weight excluding hydrogens is 186 g/mol. The van der Waals surface area contributed by atoms with Gasteiger partial charge in [0.05, 0.1) is 12.7 Å². The molecule has 0 aliphatic carbocycles. The molecule has 7 heteroatoms. The Morgan fingerprint density at radius 1 is 1.33 bits per heavy atom. The minimum Gasteiger partial charge on any atom is -0.481 e. The summed E-state index contributed by atoms with van der Waals surface area (Å²) in [5.41, 5.74) is 0. The Kier molecular flexibility index (Phi) is 3.68. The van der Waals surface area contributed by atoms with Gasteiger partial charge in [-0.05, 0) is 0 Å². The smallest absolute Gasteiger partial charge is 0.303 e. The quantitative estimate of drug-likeness (QED) is 0.594. The zero-order valence-electron chi connectivity index (χ0n) is 6.40. The van der Waals surface area contributed by atoms with Crippen LogP contribution in [0.15, 0.2) is 0 Å². The van der Waals surface area contributed by atoms with E-state index >= 15 is 0 Å². The summed E-state index contributed by atoms with van der Waals surface area (Å²) in [6, 6.07) is 0. The van der Waals surface area contributed by atoms with Crippen molar-refractivity contribution in [3.05, 3.63) is 0 Å². The topological polar surface area (TPSA) is 101 Å². The standard InChI is InChI=1S/C5H9NO5S/c1-12(10,11)6-4(7)2-3-5(8)9/h2-3H2,1H3,(H,6,7)(H,8,9). The predicted octanol–water partition coefficient (Wildman–Crippen LogP) is -1.07. The van der Waals surface area contributed by atoms with E-state index in [-0.39, 0.29) is 12.8 Å². The van der Waals surface area contributed by atoms with Crippen LogP contribution in [0.3, 0.4) is 0 Å². The molecule has 0 saturated carbocycles. The molecule has 0 aromatic heterocycles. The van der Waals surface area contributed by atoms with E-state index in [1.54, 1.807) is 4.72 Å². The maximum Gasteiger partial charge on any atom is 0.303 e. The number of hydrogen-bond donors (Lipinski definition) is 2. The number of carboxylic acid groups (broad SMARTS) is 1. The molecule has 0 bridgehead atoms. The maximum atomic E-state index is 10.6. The Bertz CT molecular complexity index is 280. The van der Waals surface area contributed by atoms with Crippen molar-refractivity contribution in [3.8, 4) is 0 Å². The molecule has 0 rings (SSSR count). The number of amides is 1. The number of sulfonamides is 1. The average molecular weight is 195 g/mol. The molecule has 0 radical (unpaired) electrons. The molecular formula is C5H9NO5S. The molecule has 0 fully saturated rings. The van der Waals surface area contributed by atoms with Crippen molar-refractivity contribution >= 4 is 21.9 Å². The SMILES string of the molecule is CS(=O)(=O)NC(=O)CCC(=O)O. The van der Waals surface area contributed by atoms with Crippen LogP contribution >= 0.6 is 0 Å². The zero-order chi connectivity index (χ0) is 9.78. The van der Waals surface area contributed by atoms with Gasteiger partial charge in [-0.1, -0.05) is 0 Å². The van der Waals surface area contributed by atoms with Gasteiger partial charge in [0.25, 0.3) is 0 Å². The van der Waals surface area contributed by atoms with Gasteiger partial charge in [0.1, 0.15) is 0 Å². The van der Waals surface area contributed by atoms with E-state index < -0.39 is 21.9 Å². The van der Waals surface area contributed by atoms with Gasteiger partial charge in [-0.25, -0.2) is 8.42 Å². The molecule has 0 saturated heterocycles. The van der Waals surface area contributed by atoms with Crippen LogP contribution in [0.25, 0.3) is 0 Å². The third-order valence-corrected chi connectivity index (χ3v) is 1.46. The first-order valence-corrected chi connectivity index (χ1v) is 4.93. The molecule has 0 aromatic carbocycles. The molecule has 12 heavy (non-hydrogen) atoms. The Morgan fingerprint density at radius 2 is 1.83 bits per heavy atom. The highest BCUT2D eigenvalue weighted by Crippen LogP contribution is 1.89. The van der Waals surface area contributed by atoms with E-state index in [0.717, 1.165) is 6.26 Å². The number of carboxylic acids is 1. The van der Waals surface area contributed by atoms with Crippen LogP contribution in [-0.2, 0) is 19.6 Å². The summed E-state index contributed by atoms with van der Waals surface area (Å²) in [6.07, 6.45) is 0.120. The Labute approximate surface area is 69.6 Å². The van der Waals surface area contributed by atoms with Gasteiger partial charge in [0.2, 0.25) is 15.9 Å². The van der Waals surface area contributed by atoms with Crippen molar-refractivity contribution in [2.45, 2.75) is 12.8 Å². The molecule has 2 N–H and O–H groups in total. The van der Waals surface area contributed by atoms with Gasteiger partial charge in [-0.2, -0.15) is 0 Å². The monoisotopic (exact) mass is 195 g/mol. The summed E-state index contributed by atoms with van der Waals surface area (Å²) < 4.78 is 22.5. The predicted molar refractivity (Wildman–Crippen MR) is 39.9 cm³/mol. The van der Waals surface area contributed by atoms with E-state index in [4.69, 9.17) is 5.11 Å². The van der Waals surface area contributed by atoms with Crippen molar-refractivity contribution in [2.24, 2.45) is 0 Å². The number of carbonyl (C=O) groups excluding carboxylic acids is 1. The summed E-state index contributed by atoms with van der Waals surface area (Å²) in [5, 5.41) is 8.13. The van der Waals surface area contributed by atoms with Gasteiger partial charge in [0, 0.05) is 6.42 Å². The second-order valence-corrected chi connectivity index (χ2v) is 3.94. The molecule has 0 aliphatic rings. The fourth-order valence-corrected chi connectivity index (χ4v) is 0.994. The largest absolute Gasteiger partial charge is 0.481 e. The lowest BCUT2D eigenvalue weighted by molar-refractivity contribution is -0.138. The Morgan fingerprint density at radius 3 is 2.17 bits per heavy atom. The highest BCUT2D eigenvalue weighted by molar-refractivity contribution is 7.89. The van der Waals surface area contributed by atoms with Crippen molar-refractivity contribution in [2.75, 3.05) is 6.26 Å². The lowest BCUT2D eigenvalue weighted by Crippen LogP contribution is -2.29. The third-order valence-electron chi connectivity index (χ3n) is 0.865. The minimum absolute atomic E-state index is 0.331. The first-order valence-electron chi connectivity index (χ1n) is 3.03. The van der Waals surface area contributed by atoms with E-state index in [9.17, 15) is 18.0 Å². The van der Waals surface area contributed by atoms with Gasteiger partial charge in [0.15, 0.2) is 0 Å². The maximum absolute atomic E-state index is 10.6. The second-order valence-electron chi connectivity index (χ2n) is 2.19. The lowest BCUT2D eigenvalue weighted by Gasteiger charge is -1.99. The minimum atomic E-state index is -3.56. The summed E-state index contributed by atoms with van der Waals surface area (Å²) in [7, 11) is -3.56. The Hall–Kier alpha value is -1.11. The van der Waals surface area contributed by atoms with Gasteiger partial charge in [-0.15, -0.1) is 0 Å². The molecule has 70 valence electrons. The van der Waals surface area contributed by atoms with Crippen LogP contribution in [0, 0.1) is 0 Å². The van der Waals surface area contributed by atoms with Gasteiger partial charge >= 0.3 is 5.97 Å². The van der Waals surface area contributed by atoms with Crippen LogP contribution in [0.5, 0.6) is 0 Å². The van der Waals surface area contributed by atoms with Gasteiger partial charge in [-0.3, -0.25) is 14.3 Å². The molecule has 0 atom stereocenters. The van der Waals surface area contributed by atoms with E-state index in [2.05, 4.69) is 0 Å². The summed E-state index contributed by atoms with van der Waals surface area (Å²) in [5.74, 6) is -1.95. The Balaban J connectivity index is 3.84. The molecule has 0 aromatic rings. The zero-order valence-corrected chi connectivity index (χ0v) is 7.22. The number of hydrogen-bond acceptors (Lipinski definition) is 4. The second kappa shape index (κ2) is 4.05. The number of aliphatic carboxylic acids is 1. The van der Waals surface area contributed by atoms with E-state index in [1.807, 2.05) is 0 Å². The first kappa shape index (κ1) is 10.9. The van der Waals surface area contributed by atoms with E-state index in [1.165, 1.54) is 0 Å². The fourth-order valence-electron chi connectivity index (χ4n) is 0.478. The highest BCUT2D eigenvalue weighted by Gasteiger charge is 2.09. The molecule has 0 unspecified atom stereocenters. The number of rotatable bonds is 4. The first-order chi connectivity index (χ1) is 5.31. The molecule has 1 amide bonds. The van der Waals surface area contributed by atoms with Gasteiger partial charge < -0.3 is 5.11 Å². The van der Waals surface area contributed by atoms with Crippen LogP contribution in [-0.4, -0.2) is 31.7 Å². The lowest BCUT2D eigenvalue weighted by atomic mass is 10.3.